The molecule has 2 heterocycles. The monoisotopic (exact) mass is 487 g/mol. The van der Waals surface area contributed by atoms with Crippen molar-refractivity contribution < 1.29 is 14.3 Å². The molecule has 7 heteroatoms. The van der Waals surface area contributed by atoms with E-state index < -0.39 is 11.8 Å². The van der Waals surface area contributed by atoms with Gasteiger partial charge in [-0.15, -0.1) is 0 Å². The van der Waals surface area contributed by atoms with Gasteiger partial charge in [0.05, 0.1) is 16.9 Å². The van der Waals surface area contributed by atoms with E-state index in [1.54, 1.807) is 35.2 Å². The predicted molar refractivity (Wildman–Crippen MR) is 115 cm³/mol. The predicted octanol–water partition coefficient (Wildman–Crippen LogP) is 5.27. The fraction of sp³-hybridized carbons (Fsp3) is 0.0476. The topological polar surface area (TPSA) is 67.2 Å². The molecule has 2 aromatic carbocycles. The first-order valence-corrected chi connectivity index (χ1v) is 9.58. The van der Waals surface area contributed by atoms with Crippen LogP contribution in [0.2, 0.25) is 0 Å². The second-order valence-corrected chi connectivity index (χ2v) is 7.49. The van der Waals surface area contributed by atoms with E-state index in [0.717, 1.165) is 9.13 Å². The molecule has 4 rings (SSSR count). The van der Waals surface area contributed by atoms with Crippen LogP contribution in [0.15, 0.2) is 67.0 Å². The molecule has 0 radical (unpaired) electrons. The highest BCUT2D eigenvalue weighted by molar-refractivity contribution is 14.1. The highest BCUT2D eigenvalue weighted by Gasteiger charge is 2.23. The average Bonchev–Trinajstić information content (AvgIpc) is 2.99. The summed E-state index contributed by atoms with van der Waals surface area (Å²) in [7, 11) is 0. The van der Waals surface area contributed by atoms with E-state index in [4.69, 9.17) is 0 Å². The summed E-state index contributed by atoms with van der Waals surface area (Å²) < 4.78 is 16.9. The Morgan fingerprint density at radius 1 is 1.18 bits per heavy atom. The number of pyridine rings is 1. The molecule has 2 N–H and O–H groups in total. The van der Waals surface area contributed by atoms with Gasteiger partial charge in [0, 0.05) is 27.9 Å². The number of anilines is 2. The van der Waals surface area contributed by atoms with Crippen molar-refractivity contribution in [1.29, 1.82) is 0 Å². The van der Waals surface area contributed by atoms with E-state index in [9.17, 15) is 14.3 Å². The highest BCUT2D eigenvalue weighted by Crippen LogP contribution is 2.34. The van der Waals surface area contributed by atoms with Gasteiger partial charge in [0.1, 0.15) is 5.82 Å². The number of carboxylic acid groups (broad SMARTS) is 1. The third kappa shape index (κ3) is 3.45. The SMILES string of the molecule is O=C(O)c1c(Nc2ccc(I)cc2F)c2cnccc2n1Cc1ccccc1. The van der Waals surface area contributed by atoms with E-state index in [2.05, 4.69) is 10.3 Å². The molecule has 0 aliphatic carbocycles. The number of hydrogen-bond acceptors (Lipinski definition) is 3. The van der Waals surface area contributed by atoms with Gasteiger partial charge in [-0.2, -0.15) is 0 Å². The summed E-state index contributed by atoms with van der Waals surface area (Å²) in [6, 6.07) is 16.1. The lowest BCUT2D eigenvalue weighted by atomic mass is 10.2. The van der Waals surface area contributed by atoms with Crippen LogP contribution in [0.3, 0.4) is 0 Å². The molecule has 5 nitrogen and oxygen atoms in total. The summed E-state index contributed by atoms with van der Waals surface area (Å²) in [5.41, 5.74) is 2.28. The quantitative estimate of drug-likeness (QED) is 0.377. The zero-order valence-electron chi connectivity index (χ0n) is 14.6. The van der Waals surface area contributed by atoms with Crippen molar-refractivity contribution in [3.63, 3.8) is 0 Å². The molecule has 0 aliphatic rings. The van der Waals surface area contributed by atoms with Crippen LogP contribution < -0.4 is 5.32 Å². The van der Waals surface area contributed by atoms with Gasteiger partial charge < -0.3 is 15.0 Å². The lowest BCUT2D eigenvalue weighted by Gasteiger charge is -2.11. The van der Waals surface area contributed by atoms with E-state index in [1.165, 1.54) is 6.07 Å². The third-order valence-corrected chi connectivity index (χ3v) is 5.11. The van der Waals surface area contributed by atoms with Gasteiger partial charge in [-0.3, -0.25) is 4.98 Å². The first kappa shape index (κ1) is 18.4. The van der Waals surface area contributed by atoms with Gasteiger partial charge in [-0.05, 0) is 52.4 Å². The molecule has 0 aliphatic heterocycles. The van der Waals surface area contributed by atoms with Gasteiger partial charge in [-0.1, -0.05) is 30.3 Å². The maximum absolute atomic E-state index is 14.4. The van der Waals surface area contributed by atoms with E-state index >= 15 is 0 Å². The molecule has 0 spiro atoms. The van der Waals surface area contributed by atoms with Crippen LogP contribution in [-0.4, -0.2) is 20.6 Å². The number of benzene rings is 2. The Hall–Kier alpha value is -2.94. The lowest BCUT2D eigenvalue weighted by Crippen LogP contribution is -2.11. The van der Waals surface area contributed by atoms with Gasteiger partial charge in [-0.25, -0.2) is 9.18 Å². The number of nitrogens with one attached hydrogen (secondary N) is 1. The highest BCUT2D eigenvalue weighted by atomic mass is 127. The molecule has 0 bridgehead atoms. The maximum atomic E-state index is 14.4. The zero-order chi connectivity index (χ0) is 19.7. The second-order valence-electron chi connectivity index (χ2n) is 6.24. The summed E-state index contributed by atoms with van der Waals surface area (Å²) in [5.74, 6) is -1.54. The van der Waals surface area contributed by atoms with E-state index in [0.29, 0.717) is 23.1 Å². The van der Waals surface area contributed by atoms with Crippen LogP contribution >= 0.6 is 22.6 Å². The van der Waals surface area contributed by atoms with Gasteiger partial charge in [0.2, 0.25) is 0 Å². The molecule has 4 aromatic rings. The molecule has 0 fully saturated rings. The van der Waals surface area contributed by atoms with Crippen LogP contribution in [0.5, 0.6) is 0 Å². The summed E-state index contributed by atoms with van der Waals surface area (Å²) in [6.45, 7) is 0.375. The van der Waals surface area contributed by atoms with Crippen molar-refractivity contribution in [3.8, 4) is 0 Å². The molecule has 0 saturated carbocycles. The van der Waals surface area contributed by atoms with Crippen LogP contribution in [-0.2, 0) is 6.54 Å². The first-order chi connectivity index (χ1) is 13.5. The van der Waals surface area contributed by atoms with Gasteiger partial charge in [0.15, 0.2) is 5.69 Å². The number of carbonyl (C=O) groups is 1. The number of carboxylic acids is 1. The van der Waals surface area contributed by atoms with E-state index in [-0.39, 0.29) is 11.4 Å². The Labute approximate surface area is 174 Å². The van der Waals surface area contributed by atoms with Crippen LogP contribution in [0.4, 0.5) is 15.8 Å². The Morgan fingerprint density at radius 2 is 1.96 bits per heavy atom. The number of rotatable bonds is 5. The number of fused-ring (bicyclic) bond motifs is 1. The fourth-order valence-electron chi connectivity index (χ4n) is 3.20. The average molecular weight is 487 g/mol. The second kappa shape index (κ2) is 7.59. The minimum Gasteiger partial charge on any atom is -0.477 e. The van der Waals surface area contributed by atoms with E-state index in [1.807, 2.05) is 52.9 Å². The molecule has 0 amide bonds. The minimum absolute atomic E-state index is 0.0600. The number of hydrogen-bond donors (Lipinski definition) is 2. The fourth-order valence-corrected chi connectivity index (χ4v) is 3.66. The van der Waals surface area contributed by atoms with Crippen molar-refractivity contribution in [1.82, 2.24) is 9.55 Å². The van der Waals surface area contributed by atoms with Gasteiger partial charge >= 0.3 is 5.97 Å². The summed E-state index contributed by atoms with van der Waals surface area (Å²) in [6.07, 6.45) is 3.21. The minimum atomic E-state index is -1.10. The molecule has 0 atom stereocenters. The smallest absolute Gasteiger partial charge is 0.354 e. The standard InChI is InChI=1S/C21H15FIN3O2/c22-16-10-14(23)6-7-17(16)25-19-15-11-24-9-8-18(15)26(20(19)21(27)28)12-13-4-2-1-3-5-13/h1-11,25H,12H2,(H,27,28). The summed E-state index contributed by atoms with van der Waals surface area (Å²) >= 11 is 2.03. The Kier molecular flexibility index (Phi) is 4.99. The third-order valence-electron chi connectivity index (χ3n) is 4.44. The van der Waals surface area contributed by atoms with Crippen molar-refractivity contribution in [3.05, 3.63) is 87.6 Å². The Morgan fingerprint density at radius 3 is 2.68 bits per heavy atom. The van der Waals surface area contributed by atoms with Crippen molar-refractivity contribution >= 4 is 50.8 Å². The van der Waals surface area contributed by atoms with Crippen LogP contribution in [0.1, 0.15) is 16.1 Å². The van der Waals surface area contributed by atoms with Gasteiger partial charge in [0.25, 0.3) is 0 Å². The largest absolute Gasteiger partial charge is 0.477 e. The molecule has 0 saturated heterocycles. The lowest BCUT2D eigenvalue weighted by molar-refractivity contribution is 0.0687. The maximum Gasteiger partial charge on any atom is 0.354 e. The Bertz CT molecular complexity index is 1180. The van der Waals surface area contributed by atoms with Crippen molar-refractivity contribution in [2.24, 2.45) is 0 Å². The number of aromatic carboxylic acids is 1. The number of aromatic nitrogens is 2. The number of halogens is 2. The molecule has 2 aromatic heterocycles. The molecular weight excluding hydrogens is 472 g/mol. The van der Waals surface area contributed by atoms with Crippen LogP contribution in [0, 0.1) is 9.39 Å². The van der Waals surface area contributed by atoms with Crippen molar-refractivity contribution in [2.45, 2.75) is 6.54 Å². The molecular formula is C21H15FIN3O2. The normalized spacial score (nSPS) is 10.9. The Balaban J connectivity index is 1.90. The first-order valence-electron chi connectivity index (χ1n) is 8.50. The molecule has 140 valence electrons. The zero-order valence-corrected chi connectivity index (χ0v) is 16.7. The molecule has 0 unspecified atom stereocenters. The van der Waals surface area contributed by atoms with Crippen molar-refractivity contribution in [2.75, 3.05) is 5.32 Å². The number of nitrogens with zero attached hydrogens (tertiary/aromatic N) is 2. The summed E-state index contributed by atoms with van der Waals surface area (Å²) in [5, 5.41) is 13.5. The van der Waals surface area contributed by atoms with Crippen LogP contribution in [0.25, 0.3) is 10.9 Å². The summed E-state index contributed by atoms with van der Waals surface area (Å²) in [4.78, 5) is 16.3. The molecule has 28 heavy (non-hydrogen) atoms.